The minimum absolute atomic E-state index is 0.104. The largest absolute Gasteiger partial charge is 0.423 e. The molecule has 1 saturated heterocycles. The Morgan fingerprint density at radius 3 is 2.70 bits per heavy atom. The fourth-order valence-electron chi connectivity index (χ4n) is 2.16. The molecule has 20 heavy (non-hydrogen) atoms. The highest BCUT2D eigenvalue weighted by molar-refractivity contribution is 6.31. The molecule has 0 amide bonds. The summed E-state index contributed by atoms with van der Waals surface area (Å²) in [6, 6.07) is 4.06. The Labute approximate surface area is 123 Å². The van der Waals surface area contributed by atoms with Crippen molar-refractivity contribution in [1.29, 1.82) is 0 Å². The first-order valence-electron chi connectivity index (χ1n) is 6.93. The summed E-state index contributed by atoms with van der Waals surface area (Å²) in [5.74, 6) is 0. The first kappa shape index (κ1) is 15.1. The van der Waals surface area contributed by atoms with Crippen LogP contribution in [0.3, 0.4) is 0 Å². The summed E-state index contributed by atoms with van der Waals surface area (Å²) in [5.41, 5.74) is 1.99. The quantitative estimate of drug-likeness (QED) is 0.891. The number of oxazole rings is 1. The number of halogens is 1. The average molecular weight is 298 g/mol. The minimum atomic E-state index is -0.104. The lowest BCUT2D eigenvalue weighted by atomic mass is 10.2. The molecule has 0 atom stereocenters. The van der Waals surface area contributed by atoms with E-state index in [2.05, 4.69) is 15.2 Å². The Balaban J connectivity index is 0.000000704. The van der Waals surface area contributed by atoms with Crippen LogP contribution in [0, 0.1) is 0 Å². The van der Waals surface area contributed by atoms with Gasteiger partial charge in [-0.3, -0.25) is 0 Å². The Bertz CT molecular complexity index is 565. The number of hydrogen-bond acceptors (Lipinski definition) is 5. The molecule has 0 radical (unpaired) electrons. The fraction of sp³-hybridized carbons (Fsp3) is 0.500. The lowest BCUT2D eigenvalue weighted by molar-refractivity contribution is 0.281. The predicted molar refractivity (Wildman–Crippen MR) is 81.4 cm³/mol. The first-order valence-corrected chi connectivity index (χ1v) is 7.31. The smallest absolute Gasteiger partial charge is 0.298 e. The number of hydrogen-bond donors (Lipinski definition) is 2. The third-order valence-corrected chi connectivity index (χ3v) is 3.30. The summed E-state index contributed by atoms with van der Waals surface area (Å²) in [7, 11) is 0. The number of piperazine rings is 1. The van der Waals surface area contributed by atoms with Crippen LogP contribution in [0.15, 0.2) is 16.5 Å². The van der Waals surface area contributed by atoms with Crippen molar-refractivity contribution >= 4 is 28.7 Å². The fourth-order valence-corrected chi connectivity index (χ4v) is 2.40. The van der Waals surface area contributed by atoms with Gasteiger partial charge < -0.3 is 19.7 Å². The van der Waals surface area contributed by atoms with E-state index >= 15 is 0 Å². The molecule has 6 heteroatoms. The van der Waals surface area contributed by atoms with Crippen LogP contribution in [-0.2, 0) is 6.61 Å². The monoisotopic (exact) mass is 297 g/mol. The van der Waals surface area contributed by atoms with Crippen molar-refractivity contribution in [3.63, 3.8) is 0 Å². The van der Waals surface area contributed by atoms with E-state index in [-0.39, 0.29) is 6.61 Å². The van der Waals surface area contributed by atoms with Gasteiger partial charge >= 0.3 is 0 Å². The van der Waals surface area contributed by atoms with Gasteiger partial charge in [-0.1, -0.05) is 25.4 Å². The topological polar surface area (TPSA) is 61.5 Å². The zero-order valence-corrected chi connectivity index (χ0v) is 12.6. The predicted octanol–water partition coefficient (Wildman–Crippen LogP) is 2.41. The van der Waals surface area contributed by atoms with Crippen LogP contribution in [0.5, 0.6) is 0 Å². The van der Waals surface area contributed by atoms with Gasteiger partial charge in [-0.05, 0) is 12.1 Å². The van der Waals surface area contributed by atoms with Crippen LogP contribution in [0.25, 0.3) is 11.1 Å². The van der Waals surface area contributed by atoms with Gasteiger partial charge in [0, 0.05) is 36.8 Å². The summed E-state index contributed by atoms with van der Waals surface area (Å²) in [5, 5.41) is 13.1. The summed E-state index contributed by atoms with van der Waals surface area (Å²) >= 11 is 5.98. The molecule has 0 saturated carbocycles. The lowest BCUT2D eigenvalue weighted by Crippen LogP contribution is -2.43. The second-order valence-corrected chi connectivity index (χ2v) is 4.74. The molecule has 2 heterocycles. The number of nitrogens with zero attached hydrogens (tertiary/aromatic N) is 2. The number of nitrogens with one attached hydrogen (secondary N) is 1. The van der Waals surface area contributed by atoms with Gasteiger partial charge in [0.1, 0.15) is 5.52 Å². The van der Waals surface area contributed by atoms with Gasteiger partial charge in [-0.2, -0.15) is 4.98 Å². The van der Waals surface area contributed by atoms with Gasteiger partial charge in [0.05, 0.1) is 6.61 Å². The number of aromatic nitrogens is 1. The van der Waals surface area contributed by atoms with Crippen molar-refractivity contribution < 1.29 is 9.52 Å². The summed E-state index contributed by atoms with van der Waals surface area (Å²) in [4.78, 5) is 6.53. The van der Waals surface area contributed by atoms with Crippen molar-refractivity contribution in [2.75, 3.05) is 31.1 Å². The van der Waals surface area contributed by atoms with Crippen molar-refractivity contribution in [3.8, 4) is 0 Å². The van der Waals surface area contributed by atoms with Crippen molar-refractivity contribution in [2.24, 2.45) is 0 Å². The number of aliphatic hydroxyl groups excluding tert-OH is 1. The van der Waals surface area contributed by atoms with E-state index in [1.54, 1.807) is 12.1 Å². The Hall–Kier alpha value is -1.30. The molecule has 0 unspecified atom stereocenters. The average Bonchev–Trinajstić information content (AvgIpc) is 2.93. The third-order valence-electron chi connectivity index (χ3n) is 3.08. The summed E-state index contributed by atoms with van der Waals surface area (Å²) in [6.45, 7) is 7.48. The molecule has 0 spiro atoms. The standard InChI is InChI=1S/C12H14ClN3O2.C2H6/c13-9-5-8(7-17)11-10(6-9)15-12(18-11)16-3-1-14-2-4-16;1-2/h5-6,14,17H,1-4,7H2;1-2H3. The third kappa shape index (κ3) is 3.06. The molecule has 1 aromatic carbocycles. The van der Waals surface area contributed by atoms with Crippen molar-refractivity contribution in [2.45, 2.75) is 20.5 Å². The SMILES string of the molecule is CC.OCc1cc(Cl)cc2nc(N3CCNCC3)oc12. The Kier molecular flexibility index (Phi) is 5.23. The highest BCUT2D eigenvalue weighted by atomic mass is 35.5. The second-order valence-electron chi connectivity index (χ2n) is 4.30. The Morgan fingerprint density at radius 1 is 1.35 bits per heavy atom. The van der Waals surface area contributed by atoms with Crippen LogP contribution in [0.2, 0.25) is 5.02 Å². The molecule has 110 valence electrons. The molecule has 1 aromatic heterocycles. The van der Waals surface area contributed by atoms with E-state index in [0.29, 0.717) is 27.7 Å². The molecule has 1 aliphatic rings. The lowest BCUT2D eigenvalue weighted by Gasteiger charge is -2.25. The van der Waals surface area contributed by atoms with E-state index in [9.17, 15) is 5.11 Å². The maximum Gasteiger partial charge on any atom is 0.298 e. The number of rotatable bonds is 2. The highest BCUT2D eigenvalue weighted by Crippen LogP contribution is 2.28. The van der Waals surface area contributed by atoms with E-state index in [1.165, 1.54) is 0 Å². The molecule has 0 bridgehead atoms. The van der Waals surface area contributed by atoms with Gasteiger partial charge in [0.25, 0.3) is 6.01 Å². The molecule has 3 rings (SSSR count). The molecule has 2 aromatic rings. The van der Waals surface area contributed by atoms with Crippen LogP contribution >= 0.6 is 11.6 Å². The maximum atomic E-state index is 9.31. The highest BCUT2D eigenvalue weighted by Gasteiger charge is 2.18. The Morgan fingerprint density at radius 2 is 2.05 bits per heavy atom. The zero-order chi connectivity index (χ0) is 14.5. The molecule has 5 nitrogen and oxygen atoms in total. The summed E-state index contributed by atoms with van der Waals surface area (Å²) in [6.07, 6.45) is 0. The van der Waals surface area contributed by atoms with Gasteiger partial charge in [-0.15, -0.1) is 0 Å². The van der Waals surface area contributed by atoms with E-state index in [1.807, 2.05) is 13.8 Å². The zero-order valence-electron chi connectivity index (χ0n) is 11.8. The van der Waals surface area contributed by atoms with E-state index < -0.39 is 0 Å². The number of aliphatic hydroxyl groups is 1. The molecule has 2 N–H and O–H groups in total. The van der Waals surface area contributed by atoms with Crippen LogP contribution < -0.4 is 10.2 Å². The number of fused-ring (bicyclic) bond motifs is 1. The molecule has 0 aliphatic carbocycles. The normalized spacial score (nSPS) is 15.1. The molecule has 1 aliphatic heterocycles. The maximum absolute atomic E-state index is 9.31. The van der Waals surface area contributed by atoms with E-state index in [4.69, 9.17) is 16.0 Å². The van der Waals surface area contributed by atoms with Gasteiger partial charge in [-0.25, -0.2) is 0 Å². The molecule has 1 fully saturated rings. The van der Waals surface area contributed by atoms with Crippen molar-refractivity contribution in [3.05, 3.63) is 22.7 Å². The second kappa shape index (κ2) is 6.92. The summed E-state index contributed by atoms with van der Waals surface area (Å²) < 4.78 is 5.75. The van der Waals surface area contributed by atoms with Crippen molar-refractivity contribution in [1.82, 2.24) is 10.3 Å². The van der Waals surface area contributed by atoms with Crippen LogP contribution in [-0.4, -0.2) is 36.3 Å². The van der Waals surface area contributed by atoms with E-state index in [0.717, 1.165) is 26.2 Å². The first-order chi connectivity index (χ1) is 9.78. The van der Waals surface area contributed by atoms with Crippen LogP contribution in [0.1, 0.15) is 19.4 Å². The van der Waals surface area contributed by atoms with Gasteiger partial charge in [0.2, 0.25) is 0 Å². The van der Waals surface area contributed by atoms with Gasteiger partial charge in [0.15, 0.2) is 5.58 Å². The molecular weight excluding hydrogens is 278 g/mol. The van der Waals surface area contributed by atoms with Crippen LogP contribution in [0.4, 0.5) is 6.01 Å². The number of benzene rings is 1. The molecular formula is C14H20ClN3O2. The minimum Gasteiger partial charge on any atom is -0.423 e. The number of anilines is 1.